The number of likely N-dealkylation sites (N-methyl/N-ethyl adjacent to an activating group) is 1. The summed E-state index contributed by atoms with van der Waals surface area (Å²) >= 11 is 5.30. The fourth-order valence-corrected chi connectivity index (χ4v) is 4.24. The Kier molecular flexibility index (Phi) is 5.93. The molecule has 0 aliphatic rings. The van der Waals surface area contributed by atoms with E-state index in [1.807, 2.05) is 13.0 Å². The molecule has 2 atom stereocenters. The highest BCUT2D eigenvalue weighted by atomic mass is 79.9. The molecule has 0 bridgehead atoms. The molecule has 2 aromatic rings. The summed E-state index contributed by atoms with van der Waals surface area (Å²) in [6.45, 7) is 8.04. The first-order chi connectivity index (χ1) is 10.0. The number of nitrogens with zero attached hydrogens (tertiary/aromatic N) is 2. The minimum Gasteiger partial charge on any atom is -0.326 e. The third kappa shape index (κ3) is 4.36. The lowest BCUT2D eigenvalue weighted by atomic mass is 10.1. The molecule has 21 heavy (non-hydrogen) atoms. The molecule has 0 aliphatic carbocycles. The SMILES string of the molecule is CCN(Cc1cccc(C)n1)C(c1ccc(Br)s1)C(C)N. The normalized spacial score (nSPS) is 14.4. The van der Waals surface area contributed by atoms with Crippen LogP contribution in [-0.4, -0.2) is 22.5 Å². The van der Waals surface area contributed by atoms with Gasteiger partial charge in [-0.25, -0.2) is 0 Å². The molecule has 2 aromatic heterocycles. The molecule has 5 heteroatoms. The van der Waals surface area contributed by atoms with Gasteiger partial charge in [0.15, 0.2) is 0 Å². The lowest BCUT2D eigenvalue weighted by Gasteiger charge is -2.32. The molecule has 2 N–H and O–H groups in total. The lowest BCUT2D eigenvalue weighted by molar-refractivity contribution is 0.178. The minimum absolute atomic E-state index is 0.0697. The largest absolute Gasteiger partial charge is 0.326 e. The molecule has 0 aliphatic heterocycles. The summed E-state index contributed by atoms with van der Waals surface area (Å²) in [6, 6.07) is 10.7. The van der Waals surface area contributed by atoms with Gasteiger partial charge in [-0.15, -0.1) is 11.3 Å². The molecular weight excluding hydrogens is 346 g/mol. The van der Waals surface area contributed by atoms with E-state index in [0.717, 1.165) is 28.3 Å². The van der Waals surface area contributed by atoms with Gasteiger partial charge < -0.3 is 5.73 Å². The Labute approximate surface area is 139 Å². The van der Waals surface area contributed by atoms with Gasteiger partial charge in [0.25, 0.3) is 0 Å². The van der Waals surface area contributed by atoms with Gasteiger partial charge >= 0.3 is 0 Å². The summed E-state index contributed by atoms with van der Waals surface area (Å²) < 4.78 is 1.15. The van der Waals surface area contributed by atoms with Crippen LogP contribution >= 0.6 is 27.3 Å². The molecule has 0 saturated carbocycles. The quantitative estimate of drug-likeness (QED) is 0.834. The van der Waals surface area contributed by atoms with Crippen LogP contribution in [0.3, 0.4) is 0 Å². The zero-order valence-electron chi connectivity index (χ0n) is 12.7. The maximum absolute atomic E-state index is 6.27. The summed E-state index contributed by atoms with van der Waals surface area (Å²) in [5.41, 5.74) is 8.42. The molecule has 0 spiro atoms. The number of hydrogen-bond acceptors (Lipinski definition) is 4. The number of aryl methyl sites for hydroxylation is 1. The highest BCUT2D eigenvalue weighted by Crippen LogP contribution is 2.33. The average Bonchev–Trinajstić information content (AvgIpc) is 2.84. The van der Waals surface area contributed by atoms with Crippen molar-refractivity contribution in [2.45, 2.75) is 39.4 Å². The molecule has 2 rings (SSSR count). The Bertz CT molecular complexity index is 582. The lowest BCUT2D eigenvalue weighted by Crippen LogP contribution is -2.38. The monoisotopic (exact) mass is 367 g/mol. The summed E-state index contributed by atoms with van der Waals surface area (Å²) in [5.74, 6) is 0. The fraction of sp³-hybridized carbons (Fsp3) is 0.438. The first-order valence-corrected chi connectivity index (χ1v) is 8.79. The number of thiophene rings is 1. The van der Waals surface area contributed by atoms with Crippen LogP contribution in [-0.2, 0) is 6.54 Å². The second-order valence-corrected chi connectivity index (χ2v) is 7.77. The van der Waals surface area contributed by atoms with Crippen molar-refractivity contribution in [3.8, 4) is 0 Å². The predicted molar refractivity (Wildman–Crippen MR) is 93.5 cm³/mol. The number of hydrogen-bond donors (Lipinski definition) is 1. The van der Waals surface area contributed by atoms with Gasteiger partial charge in [-0.05, 0) is 60.6 Å². The van der Waals surface area contributed by atoms with Gasteiger partial charge in [0.05, 0.1) is 15.5 Å². The van der Waals surface area contributed by atoms with Crippen LogP contribution < -0.4 is 5.73 Å². The molecule has 0 saturated heterocycles. The van der Waals surface area contributed by atoms with Crippen LogP contribution in [0.25, 0.3) is 0 Å². The Balaban J connectivity index is 2.24. The second-order valence-electron chi connectivity index (χ2n) is 5.28. The Hall–Kier alpha value is -0.750. The van der Waals surface area contributed by atoms with Crippen molar-refractivity contribution in [1.82, 2.24) is 9.88 Å². The number of aromatic nitrogens is 1. The van der Waals surface area contributed by atoms with E-state index in [0.29, 0.717) is 0 Å². The van der Waals surface area contributed by atoms with Crippen LogP contribution in [0.1, 0.15) is 36.2 Å². The van der Waals surface area contributed by atoms with Gasteiger partial charge in [0.2, 0.25) is 0 Å². The molecule has 0 radical (unpaired) electrons. The number of pyridine rings is 1. The van der Waals surface area contributed by atoms with Gasteiger partial charge in [-0.2, -0.15) is 0 Å². The Morgan fingerprint density at radius 1 is 1.33 bits per heavy atom. The predicted octanol–water partition coefficient (Wildman–Crippen LogP) is 4.12. The van der Waals surface area contributed by atoms with Gasteiger partial charge in [0, 0.05) is 23.2 Å². The Morgan fingerprint density at radius 2 is 2.10 bits per heavy atom. The van der Waals surface area contributed by atoms with Crippen molar-refractivity contribution < 1.29 is 0 Å². The maximum Gasteiger partial charge on any atom is 0.0702 e. The van der Waals surface area contributed by atoms with Gasteiger partial charge in [-0.3, -0.25) is 9.88 Å². The number of halogens is 1. The first-order valence-electron chi connectivity index (χ1n) is 7.18. The van der Waals surface area contributed by atoms with Crippen molar-refractivity contribution in [2.24, 2.45) is 5.73 Å². The van der Waals surface area contributed by atoms with Crippen LogP contribution in [0.15, 0.2) is 34.1 Å². The molecule has 0 amide bonds. The number of nitrogens with two attached hydrogens (primary N) is 1. The summed E-state index contributed by atoms with van der Waals surface area (Å²) in [4.78, 5) is 8.30. The standard InChI is InChI=1S/C16H22BrN3S/c1-4-20(10-13-7-5-6-11(2)19-13)16(12(3)18)14-8-9-15(17)21-14/h5-9,12,16H,4,10,18H2,1-3H3. The van der Waals surface area contributed by atoms with Gasteiger partial charge in [0.1, 0.15) is 0 Å². The third-order valence-corrected chi connectivity index (χ3v) is 5.19. The molecule has 2 unspecified atom stereocenters. The number of rotatable bonds is 6. The van der Waals surface area contributed by atoms with Crippen molar-refractivity contribution in [2.75, 3.05) is 6.54 Å². The highest BCUT2D eigenvalue weighted by molar-refractivity contribution is 9.11. The molecule has 3 nitrogen and oxygen atoms in total. The van der Waals surface area contributed by atoms with E-state index in [1.54, 1.807) is 11.3 Å². The molecule has 2 heterocycles. The van der Waals surface area contributed by atoms with Crippen molar-refractivity contribution >= 4 is 27.3 Å². The van der Waals surface area contributed by atoms with Gasteiger partial charge in [-0.1, -0.05) is 13.0 Å². The highest BCUT2D eigenvalue weighted by Gasteiger charge is 2.25. The average molecular weight is 368 g/mol. The van der Waals surface area contributed by atoms with E-state index in [4.69, 9.17) is 5.73 Å². The van der Waals surface area contributed by atoms with Crippen LogP contribution in [0.5, 0.6) is 0 Å². The summed E-state index contributed by atoms with van der Waals surface area (Å²) in [6.07, 6.45) is 0. The summed E-state index contributed by atoms with van der Waals surface area (Å²) in [5, 5.41) is 0. The molecular formula is C16H22BrN3S. The third-order valence-electron chi connectivity index (χ3n) is 3.49. The second kappa shape index (κ2) is 7.49. The topological polar surface area (TPSA) is 42.2 Å². The molecule has 0 aromatic carbocycles. The van der Waals surface area contributed by atoms with E-state index in [9.17, 15) is 0 Å². The zero-order chi connectivity index (χ0) is 15.4. The first kappa shape index (κ1) is 16.6. The van der Waals surface area contributed by atoms with E-state index in [2.05, 4.69) is 63.9 Å². The van der Waals surface area contributed by atoms with Crippen molar-refractivity contribution in [3.63, 3.8) is 0 Å². The van der Waals surface area contributed by atoms with Crippen LogP contribution in [0.4, 0.5) is 0 Å². The fourth-order valence-electron chi connectivity index (χ4n) is 2.56. The zero-order valence-corrected chi connectivity index (χ0v) is 15.1. The minimum atomic E-state index is 0.0697. The summed E-state index contributed by atoms with van der Waals surface area (Å²) in [7, 11) is 0. The van der Waals surface area contributed by atoms with Crippen LogP contribution in [0.2, 0.25) is 0 Å². The van der Waals surface area contributed by atoms with Crippen molar-refractivity contribution in [1.29, 1.82) is 0 Å². The molecule has 114 valence electrons. The van der Waals surface area contributed by atoms with E-state index in [-0.39, 0.29) is 12.1 Å². The van der Waals surface area contributed by atoms with Crippen LogP contribution in [0, 0.1) is 6.92 Å². The smallest absolute Gasteiger partial charge is 0.0702 e. The van der Waals surface area contributed by atoms with E-state index >= 15 is 0 Å². The Morgan fingerprint density at radius 3 is 2.62 bits per heavy atom. The maximum atomic E-state index is 6.27. The van der Waals surface area contributed by atoms with E-state index in [1.165, 1.54) is 4.88 Å². The van der Waals surface area contributed by atoms with E-state index < -0.39 is 0 Å². The molecule has 0 fully saturated rings. The van der Waals surface area contributed by atoms with Crippen molar-refractivity contribution in [3.05, 3.63) is 50.4 Å².